The summed E-state index contributed by atoms with van der Waals surface area (Å²) >= 11 is 3.02. The third-order valence-corrected chi connectivity index (χ3v) is 4.95. The summed E-state index contributed by atoms with van der Waals surface area (Å²) in [6, 6.07) is 7.59. The molecule has 1 aromatic heterocycles. The van der Waals surface area contributed by atoms with Gasteiger partial charge < -0.3 is 4.74 Å². The number of carbonyl (C=O) groups is 1. The number of rotatable bonds is 7. The van der Waals surface area contributed by atoms with Crippen molar-refractivity contribution < 1.29 is 9.53 Å². The summed E-state index contributed by atoms with van der Waals surface area (Å²) in [5.41, 5.74) is 1.15. The van der Waals surface area contributed by atoms with E-state index in [9.17, 15) is 4.79 Å². The molecule has 0 aliphatic rings. The minimum Gasteiger partial charge on any atom is -0.481 e. The summed E-state index contributed by atoms with van der Waals surface area (Å²) < 4.78 is 6.48. The fraction of sp³-hybridized carbons (Fsp3) is 0.400. The summed E-state index contributed by atoms with van der Waals surface area (Å²) in [6.07, 6.45) is 0.478. The summed E-state index contributed by atoms with van der Waals surface area (Å²) in [7, 11) is 0. The van der Waals surface area contributed by atoms with E-state index in [0.717, 1.165) is 22.1 Å². The minimum atomic E-state index is -0.599. The topological polar surface area (TPSA) is 64.1 Å². The number of carbonyl (C=O) groups excluding carboxylic acids is 1. The Balaban J connectivity index is 1.88. The van der Waals surface area contributed by atoms with E-state index in [1.807, 2.05) is 31.2 Å². The van der Waals surface area contributed by atoms with Gasteiger partial charge in [-0.2, -0.15) is 0 Å². The zero-order valence-corrected chi connectivity index (χ0v) is 14.5. The summed E-state index contributed by atoms with van der Waals surface area (Å²) in [5, 5.41) is 11.2. The standard InChI is InChI=1S/C15H19N3O2S2/c1-4-9-21-15-18-17-14(22-15)16-13(19)11(3)20-12-7-5-10(2)6-8-12/h5-8,11H,4,9H2,1-3H3,(H,16,17,19)/t11-/m0/s1. The Bertz CT molecular complexity index is 614. The predicted octanol–water partition coefficient (Wildman–Crippen LogP) is 3.75. The third-order valence-electron chi connectivity index (χ3n) is 2.77. The van der Waals surface area contributed by atoms with Crippen LogP contribution in [0.1, 0.15) is 25.8 Å². The van der Waals surface area contributed by atoms with E-state index in [4.69, 9.17) is 4.74 Å². The minimum absolute atomic E-state index is 0.233. The van der Waals surface area contributed by atoms with Crippen molar-refractivity contribution in [3.63, 3.8) is 0 Å². The van der Waals surface area contributed by atoms with Gasteiger partial charge in [-0.05, 0) is 32.4 Å². The average molecular weight is 337 g/mol. The van der Waals surface area contributed by atoms with Crippen LogP contribution in [0.5, 0.6) is 5.75 Å². The highest BCUT2D eigenvalue weighted by Gasteiger charge is 2.17. The predicted molar refractivity (Wildman–Crippen MR) is 90.8 cm³/mol. The lowest BCUT2D eigenvalue weighted by molar-refractivity contribution is -0.122. The van der Waals surface area contributed by atoms with Crippen molar-refractivity contribution >= 4 is 34.1 Å². The Kier molecular flexibility index (Phi) is 6.21. The largest absolute Gasteiger partial charge is 0.481 e. The lowest BCUT2D eigenvalue weighted by Gasteiger charge is -2.13. The summed E-state index contributed by atoms with van der Waals surface area (Å²) in [5.74, 6) is 1.43. The molecule has 0 fully saturated rings. The fourth-order valence-corrected chi connectivity index (χ4v) is 3.27. The second-order valence-corrected chi connectivity index (χ2v) is 7.10. The first-order valence-corrected chi connectivity index (χ1v) is 8.89. The van der Waals surface area contributed by atoms with Gasteiger partial charge in [0, 0.05) is 5.75 Å². The Hall–Kier alpha value is -1.60. The van der Waals surface area contributed by atoms with Crippen LogP contribution in [0.4, 0.5) is 5.13 Å². The summed E-state index contributed by atoms with van der Waals surface area (Å²) in [6.45, 7) is 5.83. The Morgan fingerprint density at radius 1 is 1.36 bits per heavy atom. The highest BCUT2D eigenvalue weighted by Crippen LogP contribution is 2.26. The lowest BCUT2D eigenvalue weighted by atomic mass is 10.2. The molecule has 0 radical (unpaired) electrons. The average Bonchev–Trinajstić information content (AvgIpc) is 2.95. The van der Waals surface area contributed by atoms with Gasteiger partial charge in [0.1, 0.15) is 5.75 Å². The smallest absolute Gasteiger partial charge is 0.266 e. The number of nitrogens with one attached hydrogen (secondary N) is 1. The molecule has 5 nitrogen and oxygen atoms in total. The molecule has 0 saturated heterocycles. The molecule has 0 bridgehead atoms. The molecule has 0 saturated carbocycles. The first kappa shape index (κ1) is 16.8. The fourth-order valence-electron chi connectivity index (χ4n) is 1.59. The van der Waals surface area contributed by atoms with E-state index >= 15 is 0 Å². The molecule has 1 heterocycles. The number of nitrogens with zero attached hydrogens (tertiary/aromatic N) is 2. The van der Waals surface area contributed by atoms with E-state index in [0.29, 0.717) is 10.9 Å². The Morgan fingerprint density at radius 3 is 2.77 bits per heavy atom. The molecule has 0 aliphatic heterocycles. The summed E-state index contributed by atoms with van der Waals surface area (Å²) in [4.78, 5) is 12.1. The van der Waals surface area contributed by atoms with Crippen molar-refractivity contribution in [3.05, 3.63) is 29.8 Å². The molecule has 2 aromatic rings. The number of hydrogen-bond acceptors (Lipinski definition) is 6. The SMILES string of the molecule is CCCSc1nnc(NC(=O)[C@H](C)Oc2ccc(C)cc2)s1. The molecule has 1 atom stereocenters. The van der Waals surface area contributed by atoms with Crippen molar-refractivity contribution in [2.24, 2.45) is 0 Å². The number of aryl methyl sites for hydroxylation is 1. The van der Waals surface area contributed by atoms with Gasteiger partial charge >= 0.3 is 0 Å². The number of anilines is 1. The molecule has 1 N–H and O–H groups in total. The second kappa shape index (κ2) is 8.14. The van der Waals surface area contributed by atoms with Crippen LogP contribution in [0.3, 0.4) is 0 Å². The van der Waals surface area contributed by atoms with E-state index < -0.39 is 6.10 Å². The Morgan fingerprint density at radius 2 is 2.09 bits per heavy atom. The van der Waals surface area contributed by atoms with E-state index in [2.05, 4.69) is 22.4 Å². The maximum Gasteiger partial charge on any atom is 0.266 e. The number of amides is 1. The van der Waals surface area contributed by atoms with Gasteiger partial charge in [-0.3, -0.25) is 10.1 Å². The van der Waals surface area contributed by atoms with Gasteiger partial charge in [-0.1, -0.05) is 47.7 Å². The van der Waals surface area contributed by atoms with Crippen molar-refractivity contribution in [1.29, 1.82) is 0 Å². The molecule has 7 heteroatoms. The second-order valence-electron chi connectivity index (χ2n) is 4.78. The highest BCUT2D eigenvalue weighted by molar-refractivity contribution is 8.01. The zero-order chi connectivity index (χ0) is 15.9. The number of ether oxygens (including phenoxy) is 1. The number of hydrogen-bond donors (Lipinski definition) is 1. The normalized spacial score (nSPS) is 12.0. The van der Waals surface area contributed by atoms with Crippen molar-refractivity contribution in [2.75, 3.05) is 11.1 Å². The first-order valence-electron chi connectivity index (χ1n) is 7.09. The van der Waals surface area contributed by atoms with E-state index in [1.165, 1.54) is 11.3 Å². The number of thioether (sulfide) groups is 1. The number of benzene rings is 1. The van der Waals surface area contributed by atoms with Crippen molar-refractivity contribution in [2.45, 2.75) is 37.6 Å². The highest BCUT2D eigenvalue weighted by atomic mass is 32.2. The van der Waals surface area contributed by atoms with Gasteiger partial charge in [0.2, 0.25) is 5.13 Å². The molecular formula is C15H19N3O2S2. The molecule has 0 unspecified atom stereocenters. The quantitative estimate of drug-likeness (QED) is 0.616. The van der Waals surface area contributed by atoms with Gasteiger partial charge in [0.25, 0.3) is 5.91 Å². The van der Waals surface area contributed by atoms with E-state index in [1.54, 1.807) is 18.7 Å². The molecule has 0 spiro atoms. The van der Waals surface area contributed by atoms with Crippen LogP contribution in [0.2, 0.25) is 0 Å². The third kappa shape index (κ3) is 4.99. The van der Waals surface area contributed by atoms with Crippen LogP contribution in [-0.4, -0.2) is 28.0 Å². The molecular weight excluding hydrogens is 318 g/mol. The van der Waals surface area contributed by atoms with Crippen molar-refractivity contribution in [3.8, 4) is 5.75 Å². The monoisotopic (exact) mass is 337 g/mol. The molecule has 118 valence electrons. The van der Waals surface area contributed by atoms with E-state index in [-0.39, 0.29) is 5.91 Å². The van der Waals surface area contributed by atoms with Gasteiger partial charge in [0.15, 0.2) is 10.4 Å². The maximum absolute atomic E-state index is 12.1. The molecule has 1 aromatic carbocycles. The van der Waals surface area contributed by atoms with Crippen LogP contribution >= 0.6 is 23.1 Å². The lowest BCUT2D eigenvalue weighted by Crippen LogP contribution is -2.30. The van der Waals surface area contributed by atoms with Crippen LogP contribution < -0.4 is 10.1 Å². The zero-order valence-electron chi connectivity index (χ0n) is 12.8. The molecule has 22 heavy (non-hydrogen) atoms. The van der Waals surface area contributed by atoms with Crippen LogP contribution in [0, 0.1) is 6.92 Å². The maximum atomic E-state index is 12.1. The van der Waals surface area contributed by atoms with Crippen LogP contribution in [-0.2, 0) is 4.79 Å². The van der Waals surface area contributed by atoms with Crippen LogP contribution in [0.15, 0.2) is 28.6 Å². The van der Waals surface area contributed by atoms with Gasteiger partial charge in [-0.25, -0.2) is 0 Å². The molecule has 1 amide bonds. The van der Waals surface area contributed by atoms with Crippen molar-refractivity contribution in [1.82, 2.24) is 10.2 Å². The Labute approximate surface area is 138 Å². The molecule has 0 aliphatic carbocycles. The first-order chi connectivity index (χ1) is 10.6. The number of aromatic nitrogens is 2. The van der Waals surface area contributed by atoms with Crippen LogP contribution in [0.25, 0.3) is 0 Å². The van der Waals surface area contributed by atoms with Gasteiger partial charge in [0.05, 0.1) is 0 Å². The van der Waals surface area contributed by atoms with Gasteiger partial charge in [-0.15, -0.1) is 10.2 Å². The molecule has 2 rings (SSSR count).